The van der Waals surface area contributed by atoms with E-state index in [0.717, 1.165) is 11.3 Å². The van der Waals surface area contributed by atoms with E-state index in [2.05, 4.69) is 20.6 Å². The Kier molecular flexibility index (Phi) is 5.12. The number of anilines is 3. The monoisotopic (exact) mass is 348 g/mol. The molecule has 2 N–H and O–H groups in total. The first kappa shape index (κ1) is 17.4. The molecule has 26 heavy (non-hydrogen) atoms. The van der Waals surface area contributed by atoms with Crippen molar-refractivity contribution in [1.29, 1.82) is 0 Å². The standard InChI is InChI=1S/C20H20N4O2/c1-13-9-10-18(26-3)16(11-13)23-20-21-14(2)12-17(24-20)19(25)22-15-7-5-4-6-8-15/h4-12H,1-3H3,(H,22,25)(H,21,23,24). The van der Waals surface area contributed by atoms with Gasteiger partial charge in [0.2, 0.25) is 5.95 Å². The van der Waals surface area contributed by atoms with E-state index < -0.39 is 0 Å². The van der Waals surface area contributed by atoms with Crippen molar-refractivity contribution in [3.05, 3.63) is 71.5 Å². The van der Waals surface area contributed by atoms with Crippen molar-refractivity contribution in [1.82, 2.24) is 9.97 Å². The molecular weight excluding hydrogens is 328 g/mol. The minimum atomic E-state index is -0.291. The van der Waals surface area contributed by atoms with E-state index in [1.54, 1.807) is 13.2 Å². The quantitative estimate of drug-likeness (QED) is 0.726. The first-order chi connectivity index (χ1) is 12.5. The number of carbonyl (C=O) groups excluding carboxylic acids is 1. The summed E-state index contributed by atoms with van der Waals surface area (Å²) in [7, 11) is 1.60. The number of ether oxygens (including phenoxy) is 1. The van der Waals surface area contributed by atoms with Gasteiger partial charge in [0.25, 0.3) is 5.91 Å². The molecule has 0 radical (unpaired) electrons. The number of hydrogen-bond donors (Lipinski definition) is 2. The minimum absolute atomic E-state index is 0.287. The summed E-state index contributed by atoms with van der Waals surface area (Å²) in [6.45, 7) is 3.81. The fourth-order valence-corrected chi connectivity index (χ4v) is 2.50. The number of para-hydroxylation sites is 1. The summed E-state index contributed by atoms with van der Waals surface area (Å²) >= 11 is 0. The number of rotatable bonds is 5. The van der Waals surface area contributed by atoms with Gasteiger partial charge in [-0.3, -0.25) is 4.79 Å². The summed E-state index contributed by atoms with van der Waals surface area (Å²) in [6, 6.07) is 16.7. The number of methoxy groups -OCH3 is 1. The Hall–Kier alpha value is -3.41. The van der Waals surface area contributed by atoms with Crippen molar-refractivity contribution < 1.29 is 9.53 Å². The van der Waals surface area contributed by atoms with Crippen LogP contribution in [-0.4, -0.2) is 23.0 Å². The van der Waals surface area contributed by atoms with Gasteiger partial charge in [-0.2, -0.15) is 0 Å². The van der Waals surface area contributed by atoms with Crippen molar-refractivity contribution in [3.63, 3.8) is 0 Å². The first-order valence-corrected chi connectivity index (χ1v) is 8.19. The van der Waals surface area contributed by atoms with E-state index in [0.29, 0.717) is 23.1 Å². The average Bonchev–Trinajstić information content (AvgIpc) is 2.62. The number of nitrogens with zero attached hydrogens (tertiary/aromatic N) is 2. The maximum atomic E-state index is 12.5. The fraction of sp³-hybridized carbons (Fsp3) is 0.150. The van der Waals surface area contributed by atoms with Gasteiger partial charge in [0, 0.05) is 11.4 Å². The fourth-order valence-electron chi connectivity index (χ4n) is 2.50. The molecule has 0 aliphatic carbocycles. The lowest BCUT2D eigenvalue weighted by molar-refractivity contribution is 0.102. The van der Waals surface area contributed by atoms with Crippen LogP contribution in [0.25, 0.3) is 0 Å². The Morgan fingerprint density at radius 3 is 2.50 bits per heavy atom. The molecule has 1 amide bonds. The van der Waals surface area contributed by atoms with Crippen LogP contribution >= 0.6 is 0 Å². The molecule has 1 heterocycles. The Bertz CT molecular complexity index is 926. The number of amides is 1. The first-order valence-electron chi connectivity index (χ1n) is 8.19. The van der Waals surface area contributed by atoms with Crippen molar-refractivity contribution in [2.45, 2.75) is 13.8 Å². The number of hydrogen-bond acceptors (Lipinski definition) is 5. The highest BCUT2D eigenvalue weighted by Gasteiger charge is 2.12. The molecule has 0 spiro atoms. The highest BCUT2D eigenvalue weighted by Crippen LogP contribution is 2.27. The lowest BCUT2D eigenvalue weighted by Gasteiger charge is -2.12. The average molecular weight is 348 g/mol. The third-order valence-electron chi connectivity index (χ3n) is 3.72. The topological polar surface area (TPSA) is 76.1 Å². The van der Waals surface area contributed by atoms with Gasteiger partial charge in [-0.05, 0) is 49.7 Å². The van der Waals surface area contributed by atoms with Gasteiger partial charge in [0.05, 0.1) is 12.8 Å². The summed E-state index contributed by atoms with van der Waals surface area (Å²) in [4.78, 5) is 21.2. The Morgan fingerprint density at radius 2 is 1.77 bits per heavy atom. The molecule has 0 bridgehead atoms. The zero-order valence-electron chi connectivity index (χ0n) is 14.9. The van der Waals surface area contributed by atoms with E-state index in [1.807, 2.05) is 62.4 Å². The number of aryl methyl sites for hydroxylation is 2. The zero-order valence-corrected chi connectivity index (χ0v) is 14.9. The van der Waals surface area contributed by atoms with Crippen LogP contribution in [0.2, 0.25) is 0 Å². The molecule has 3 aromatic rings. The highest BCUT2D eigenvalue weighted by molar-refractivity contribution is 6.03. The van der Waals surface area contributed by atoms with Crippen LogP contribution in [0.15, 0.2) is 54.6 Å². The van der Waals surface area contributed by atoms with Gasteiger partial charge < -0.3 is 15.4 Å². The van der Waals surface area contributed by atoms with Crippen molar-refractivity contribution in [2.24, 2.45) is 0 Å². The summed E-state index contributed by atoms with van der Waals surface area (Å²) in [6.07, 6.45) is 0. The molecule has 1 aromatic heterocycles. The van der Waals surface area contributed by atoms with Crippen LogP contribution in [-0.2, 0) is 0 Å². The normalized spacial score (nSPS) is 10.3. The molecule has 6 heteroatoms. The van der Waals surface area contributed by atoms with E-state index >= 15 is 0 Å². The van der Waals surface area contributed by atoms with Crippen molar-refractivity contribution >= 4 is 23.2 Å². The Morgan fingerprint density at radius 1 is 1.00 bits per heavy atom. The van der Waals surface area contributed by atoms with Crippen LogP contribution in [0.3, 0.4) is 0 Å². The van der Waals surface area contributed by atoms with E-state index in [4.69, 9.17) is 4.74 Å². The number of carbonyl (C=O) groups is 1. The lowest BCUT2D eigenvalue weighted by atomic mass is 10.2. The van der Waals surface area contributed by atoms with Crippen LogP contribution in [0.5, 0.6) is 5.75 Å². The summed E-state index contributed by atoms with van der Waals surface area (Å²) in [5, 5.41) is 5.96. The van der Waals surface area contributed by atoms with E-state index in [9.17, 15) is 4.79 Å². The molecular formula is C20H20N4O2. The highest BCUT2D eigenvalue weighted by atomic mass is 16.5. The van der Waals surface area contributed by atoms with Gasteiger partial charge >= 0.3 is 0 Å². The van der Waals surface area contributed by atoms with Gasteiger partial charge in [-0.15, -0.1) is 0 Å². The number of benzene rings is 2. The Labute approximate surface area is 152 Å². The third kappa shape index (κ3) is 4.16. The van der Waals surface area contributed by atoms with E-state index in [1.165, 1.54) is 0 Å². The van der Waals surface area contributed by atoms with Crippen LogP contribution in [0.4, 0.5) is 17.3 Å². The van der Waals surface area contributed by atoms with Crippen LogP contribution in [0, 0.1) is 13.8 Å². The maximum Gasteiger partial charge on any atom is 0.274 e. The smallest absolute Gasteiger partial charge is 0.274 e. The van der Waals surface area contributed by atoms with Gasteiger partial charge in [-0.1, -0.05) is 24.3 Å². The predicted molar refractivity (Wildman–Crippen MR) is 102 cm³/mol. The summed E-state index contributed by atoms with van der Waals surface area (Å²) < 4.78 is 5.36. The number of nitrogens with one attached hydrogen (secondary N) is 2. The molecule has 6 nitrogen and oxygen atoms in total. The molecule has 0 aliphatic heterocycles. The minimum Gasteiger partial charge on any atom is -0.495 e. The Balaban J connectivity index is 1.86. The predicted octanol–water partition coefficient (Wildman–Crippen LogP) is 4.10. The van der Waals surface area contributed by atoms with Crippen molar-refractivity contribution in [3.8, 4) is 5.75 Å². The molecule has 0 unspecified atom stereocenters. The molecule has 0 aliphatic rings. The second kappa shape index (κ2) is 7.65. The summed E-state index contributed by atoms with van der Waals surface area (Å²) in [5.74, 6) is 0.726. The largest absolute Gasteiger partial charge is 0.495 e. The van der Waals surface area contributed by atoms with Crippen molar-refractivity contribution in [2.75, 3.05) is 17.7 Å². The molecule has 0 saturated carbocycles. The molecule has 3 rings (SSSR count). The van der Waals surface area contributed by atoms with Crippen LogP contribution < -0.4 is 15.4 Å². The molecule has 0 fully saturated rings. The van der Waals surface area contributed by atoms with Gasteiger partial charge in [0.15, 0.2) is 0 Å². The molecule has 0 saturated heterocycles. The van der Waals surface area contributed by atoms with Gasteiger partial charge in [0.1, 0.15) is 11.4 Å². The molecule has 2 aromatic carbocycles. The lowest BCUT2D eigenvalue weighted by Crippen LogP contribution is -2.15. The second-order valence-electron chi connectivity index (χ2n) is 5.87. The molecule has 132 valence electrons. The SMILES string of the molecule is COc1ccc(C)cc1Nc1nc(C)cc(C(=O)Nc2ccccc2)n1. The number of aromatic nitrogens is 2. The third-order valence-corrected chi connectivity index (χ3v) is 3.72. The summed E-state index contributed by atoms with van der Waals surface area (Å²) in [5.41, 5.74) is 3.50. The van der Waals surface area contributed by atoms with Crippen LogP contribution in [0.1, 0.15) is 21.7 Å². The second-order valence-corrected chi connectivity index (χ2v) is 5.87. The maximum absolute atomic E-state index is 12.5. The van der Waals surface area contributed by atoms with E-state index in [-0.39, 0.29) is 11.6 Å². The molecule has 0 atom stereocenters. The zero-order chi connectivity index (χ0) is 18.5. The van der Waals surface area contributed by atoms with Gasteiger partial charge in [-0.25, -0.2) is 9.97 Å².